The Morgan fingerprint density at radius 2 is 1.84 bits per heavy atom. The number of benzene rings is 2. The second-order valence-electron chi connectivity index (χ2n) is 7.40. The van der Waals surface area contributed by atoms with E-state index in [0.29, 0.717) is 36.0 Å². The molecule has 0 saturated carbocycles. The lowest BCUT2D eigenvalue weighted by Gasteiger charge is -2.30. The van der Waals surface area contributed by atoms with Gasteiger partial charge in [0.2, 0.25) is 0 Å². The molecular weight excluding hydrogens is 456 g/mol. The number of hydrogen-bond donors (Lipinski definition) is 0. The molecule has 0 spiro atoms. The highest BCUT2D eigenvalue weighted by atomic mass is 35.5. The van der Waals surface area contributed by atoms with E-state index in [-0.39, 0.29) is 28.7 Å². The van der Waals surface area contributed by atoms with Crippen molar-refractivity contribution in [2.75, 3.05) is 31.8 Å². The van der Waals surface area contributed by atoms with Gasteiger partial charge < -0.3 is 19.1 Å². The van der Waals surface area contributed by atoms with Gasteiger partial charge in [-0.25, -0.2) is 4.79 Å². The number of halogens is 1. The largest absolute Gasteiger partial charge is 0.497 e. The fraction of sp³-hybridized carbons (Fsp3) is 0.364. The molecule has 0 unspecified atom stereocenters. The van der Waals surface area contributed by atoms with Gasteiger partial charge in [-0.2, -0.15) is 8.42 Å². The van der Waals surface area contributed by atoms with Crippen LogP contribution in [0.25, 0.3) is 0 Å². The van der Waals surface area contributed by atoms with Crippen LogP contribution in [-0.4, -0.2) is 47.1 Å². The van der Waals surface area contributed by atoms with Gasteiger partial charge in [0, 0.05) is 13.0 Å². The molecule has 0 radical (unpaired) electrons. The summed E-state index contributed by atoms with van der Waals surface area (Å²) in [7, 11) is -2.35. The summed E-state index contributed by atoms with van der Waals surface area (Å²) < 4.78 is 45.3. The van der Waals surface area contributed by atoms with Gasteiger partial charge in [-0.15, -0.1) is 4.40 Å². The highest BCUT2D eigenvalue weighted by molar-refractivity contribution is 7.90. The molecule has 1 saturated heterocycles. The van der Waals surface area contributed by atoms with Crippen molar-refractivity contribution < 1.29 is 27.4 Å². The minimum absolute atomic E-state index is 0.0214. The van der Waals surface area contributed by atoms with E-state index in [1.54, 1.807) is 31.4 Å². The van der Waals surface area contributed by atoms with E-state index in [1.165, 1.54) is 12.1 Å². The van der Waals surface area contributed by atoms with Crippen LogP contribution in [0.5, 0.6) is 11.5 Å². The Balaban J connectivity index is 1.46. The Labute approximate surface area is 191 Å². The average molecular weight is 479 g/mol. The molecule has 10 heteroatoms. The van der Waals surface area contributed by atoms with Crippen molar-refractivity contribution in [1.29, 1.82) is 0 Å². The van der Waals surface area contributed by atoms with Gasteiger partial charge in [-0.05, 0) is 49.2 Å². The zero-order chi connectivity index (χ0) is 22.7. The number of esters is 1. The number of fused-ring (bicyclic) bond motifs is 3. The Morgan fingerprint density at radius 1 is 1.09 bits per heavy atom. The first-order chi connectivity index (χ1) is 15.4. The van der Waals surface area contributed by atoms with Gasteiger partial charge in [0.1, 0.15) is 35.4 Å². The number of nitrogens with zero attached hydrogens (tertiary/aromatic N) is 2. The summed E-state index contributed by atoms with van der Waals surface area (Å²) in [6, 6.07) is 9.76. The molecule has 0 N–H and O–H groups in total. The lowest BCUT2D eigenvalue weighted by atomic mass is 10.1. The topological polar surface area (TPSA) is 94.5 Å². The van der Waals surface area contributed by atoms with Gasteiger partial charge in [-0.1, -0.05) is 18.0 Å². The number of carbonyl (C=O) groups excluding carboxylic acids is 1. The maximum atomic E-state index is 12.8. The fourth-order valence-electron chi connectivity index (χ4n) is 3.70. The van der Waals surface area contributed by atoms with Gasteiger partial charge in [0.05, 0.1) is 23.4 Å². The SMILES string of the molecule is COc1ccc(OCCOC(=O)c2cc3c(cc2Cl)N2CCCCCC2=NS3(=O)=O)cc1. The van der Waals surface area contributed by atoms with E-state index >= 15 is 0 Å². The Bertz CT molecular complexity index is 1150. The highest BCUT2D eigenvalue weighted by Crippen LogP contribution is 2.38. The molecule has 0 bridgehead atoms. The zero-order valence-electron chi connectivity index (χ0n) is 17.5. The minimum Gasteiger partial charge on any atom is -0.497 e. The van der Waals surface area contributed by atoms with Crippen LogP contribution in [-0.2, 0) is 14.8 Å². The molecule has 2 heterocycles. The van der Waals surface area contributed by atoms with Crippen molar-refractivity contribution in [2.45, 2.75) is 30.6 Å². The monoisotopic (exact) mass is 478 g/mol. The maximum Gasteiger partial charge on any atom is 0.339 e. The molecule has 0 atom stereocenters. The lowest BCUT2D eigenvalue weighted by molar-refractivity contribution is 0.0450. The Morgan fingerprint density at radius 3 is 2.59 bits per heavy atom. The van der Waals surface area contributed by atoms with Crippen LogP contribution in [0.1, 0.15) is 36.0 Å². The standard InChI is InChI=1S/C22H23ClN2O6S/c1-29-15-6-8-16(9-7-15)30-11-12-31-22(26)17-13-20-19(14-18(17)23)25-10-4-2-3-5-21(25)24-32(20,27)28/h6-9,13-14H,2-5,10-12H2,1H3. The normalized spacial score (nSPS) is 16.8. The smallest absolute Gasteiger partial charge is 0.339 e. The van der Waals surface area contributed by atoms with Crippen LogP contribution >= 0.6 is 11.6 Å². The molecule has 170 valence electrons. The molecule has 2 aliphatic heterocycles. The molecule has 0 amide bonds. The zero-order valence-corrected chi connectivity index (χ0v) is 19.1. The van der Waals surface area contributed by atoms with Crippen LogP contribution in [0.2, 0.25) is 5.02 Å². The summed E-state index contributed by atoms with van der Waals surface area (Å²) in [4.78, 5) is 14.4. The van der Waals surface area contributed by atoms with Crippen LogP contribution in [0, 0.1) is 0 Å². The van der Waals surface area contributed by atoms with Crippen molar-refractivity contribution >= 4 is 39.1 Å². The molecule has 32 heavy (non-hydrogen) atoms. The number of sulfonamides is 1. The summed E-state index contributed by atoms with van der Waals surface area (Å²) >= 11 is 6.35. The molecular formula is C22H23ClN2O6S. The number of ether oxygens (including phenoxy) is 3. The van der Waals surface area contributed by atoms with Crippen molar-refractivity contribution in [3.8, 4) is 11.5 Å². The first kappa shape index (κ1) is 22.4. The van der Waals surface area contributed by atoms with E-state index in [9.17, 15) is 13.2 Å². The van der Waals surface area contributed by atoms with E-state index in [4.69, 9.17) is 25.8 Å². The number of hydrogen-bond acceptors (Lipinski definition) is 7. The van der Waals surface area contributed by atoms with E-state index in [2.05, 4.69) is 4.40 Å². The second-order valence-corrected chi connectivity index (χ2v) is 9.38. The molecule has 8 nitrogen and oxygen atoms in total. The van der Waals surface area contributed by atoms with E-state index < -0.39 is 16.0 Å². The third-order valence-electron chi connectivity index (χ3n) is 5.30. The lowest BCUT2D eigenvalue weighted by Crippen LogP contribution is -2.35. The molecule has 0 aliphatic carbocycles. The number of anilines is 1. The highest BCUT2D eigenvalue weighted by Gasteiger charge is 2.33. The Kier molecular flexibility index (Phi) is 6.57. The summed E-state index contributed by atoms with van der Waals surface area (Å²) in [5, 5.41) is 0.130. The van der Waals surface area contributed by atoms with Gasteiger partial charge in [0.15, 0.2) is 0 Å². The molecule has 2 aromatic carbocycles. The van der Waals surface area contributed by atoms with Crippen molar-refractivity contribution in [1.82, 2.24) is 0 Å². The number of rotatable bonds is 6. The minimum atomic E-state index is -3.92. The van der Waals surface area contributed by atoms with Crippen LogP contribution < -0.4 is 14.4 Å². The maximum absolute atomic E-state index is 12.8. The predicted octanol–water partition coefficient (Wildman–Crippen LogP) is 4.07. The van der Waals surface area contributed by atoms with Crippen molar-refractivity contribution in [3.05, 3.63) is 47.0 Å². The number of amidine groups is 1. The first-order valence-electron chi connectivity index (χ1n) is 10.3. The molecule has 4 rings (SSSR count). The first-order valence-corrected chi connectivity index (χ1v) is 12.1. The number of carbonyl (C=O) groups is 1. The van der Waals surface area contributed by atoms with Gasteiger partial charge in [-0.3, -0.25) is 0 Å². The van der Waals surface area contributed by atoms with Gasteiger partial charge in [0.25, 0.3) is 10.0 Å². The average Bonchev–Trinajstić information content (AvgIpc) is 3.01. The van der Waals surface area contributed by atoms with Crippen LogP contribution in [0.4, 0.5) is 5.69 Å². The summed E-state index contributed by atoms with van der Waals surface area (Å²) in [5.74, 6) is 1.11. The summed E-state index contributed by atoms with van der Waals surface area (Å²) in [5.41, 5.74) is 0.438. The van der Waals surface area contributed by atoms with Gasteiger partial charge >= 0.3 is 5.97 Å². The van der Waals surface area contributed by atoms with E-state index in [0.717, 1.165) is 19.3 Å². The number of methoxy groups -OCH3 is 1. The second kappa shape index (κ2) is 9.38. The molecule has 2 aliphatic rings. The molecule has 1 fully saturated rings. The van der Waals surface area contributed by atoms with Crippen LogP contribution in [0.15, 0.2) is 45.7 Å². The van der Waals surface area contributed by atoms with Crippen molar-refractivity contribution in [2.24, 2.45) is 4.40 Å². The fourth-order valence-corrected chi connectivity index (χ4v) is 5.20. The molecule has 0 aromatic heterocycles. The van der Waals surface area contributed by atoms with E-state index in [1.807, 2.05) is 4.90 Å². The third-order valence-corrected chi connectivity index (χ3v) is 6.95. The predicted molar refractivity (Wildman–Crippen MR) is 121 cm³/mol. The summed E-state index contributed by atoms with van der Waals surface area (Å²) in [6.45, 7) is 0.754. The van der Waals surface area contributed by atoms with Crippen LogP contribution in [0.3, 0.4) is 0 Å². The Hall–Kier alpha value is -2.78. The quantitative estimate of drug-likeness (QED) is 0.456. The van der Waals surface area contributed by atoms with Crippen molar-refractivity contribution in [3.63, 3.8) is 0 Å². The summed E-state index contributed by atoms with van der Waals surface area (Å²) in [6.07, 6.45) is 3.40. The third kappa shape index (κ3) is 4.68. The molecule has 2 aromatic rings.